The van der Waals surface area contributed by atoms with Crippen LogP contribution in [0.25, 0.3) is 33.5 Å². The molecule has 10 nitrogen and oxygen atoms in total. The van der Waals surface area contributed by atoms with Gasteiger partial charge in [-0.1, -0.05) is 12.1 Å². The van der Waals surface area contributed by atoms with Crippen LogP contribution in [0.15, 0.2) is 62.2 Å². The van der Waals surface area contributed by atoms with E-state index in [-0.39, 0.29) is 22.8 Å². The molecule has 0 amide bonds. The van der Waals surface area contributed by atoms with E-state index in [0.717, 1.165) is 0 Å². The van der Waals surface area contributed by atoms with E-state index in [0.29, 0.717) is 16.5 Å². The Morgan fingerprint density at radius 3 is 2.53 bits per heavy atom. The molecule has 2 aromatic heterocycles. The smallest absolute Gasteiger partial charge is 0.349 e. The fourth-order valence-corrected chi connectivity index (χ4v) is 3.60. The van der Waals surface area contributed by atoms with Crippen LogP contribution in [0.2, 0.25) is 0 Å². The summed E-state index contributed by atoms with van der Waals surface area (Å²) in [7, 11) is 0. The average Bonchev–Trinajstić information content (AvgIpc) is 3.23. The zero-order valence-corrected chi connectivity index (χ0v) is 16.5. The summed E-state index contributed by atoms with van der Waals surface area (Å²) < 4.78 is 22.0. The van der Waals surface area contributed by atoms with Crippen molar-refractivity contribution in [3.05, 3.63) is 59.0 Å². The number of benzene rings is 2. The highest BCUT2D eigenvalue weighted by molar-refractivity contribution is 5.83. The van der Waals surface area contributed by atoms with Gasteiger partial charge >= 0.3 is 5.63 Å². The van der Waals surface area contributed by atoms with Gasteiger partial charge in [0.25, 0.3) is 0 Å². The molecule has 10 heteroatoms. The van der Waals surface area contributed by atoms with Crippen LogP contribution in [0, 0.1) is 0 Å². The number of para-hydroxylation sites is 2. The number of ether oxygens (including phenoxy) is 2. The molecule has 0 saturated carbocycles. The number of rotatable bonds is 4. The fourth-order valence-electron chi connectivity index (χ4n) is 3.60. The topological polar surface area (TPSA) is 156 Å². The monoisotopic (exact) mass is 441 g/mol. The number of hydrogen-bond donors (Lipinski definition) is 4. The molecule has 5 atom stereocenters. The van der Waals surface area contributed by atoms with Crippen molar-refractivity contribution < 1.29 is 38.7 Å². The van der Waals surface area contributed by atoms with Gasteiger partial charge in [0, 0.05) is 11.5 Å². The molecule has 2 aromatic carbocycles. The molecule has 166 valence electrons. The van der Waals surface area contributed by atoms with Gasteiger partial charge < -0.3 is 38.7 Å². The molecule has 4 N–H and O–H groups in total. The third kappa shape index (κ3) is 3.53. The highest BCUT2D eigenvalue weighted by Gasteiger charge is 2.44. The molecule has 4 aromatic rings. The number of aromatic nitrogens is 1. The van der Waals surface area contributed by atoms with Gasteiger partial charge in [0.2, 0.25) is 12.2 Å². The molecule has 1 saturated heterocycles. The summed E-state index contributed by atoms with van der Waals surface area (Å²) in [6, 6.07) is 13.3. The van der Waals surface area contributed by atoms with Crippen LogP contribution in [0.3, 0.4) is 0 Å². The van der Waals surface area contributed by atoms with Crippen LogP contribution >= 0.6 is 0 Å². The van der Waals surface area contributed by atoms with Crippen molar-refractivity contribution in [1.82, 2.24) is 4.98 Å². The minimum atomic E-state index is -1.57. The molecule has 1 aliphatic rings. The zero-order chi connectivity index (χ0) is 22.4. The highest BCUT2D eigenvalue weighted by Crippen LogP contribution is 2.29. The van der Waals surface area contributed by atoms with Gasteiger partial charge in [-0.3, -0.25) is 0 Å². The Labute approximate surface area is 179 Å². The zero-order valence-electron chi connectivity index (χ0n) is 16.5. The average molecular weight is 441 g/mol. The van der Waals surface area contributed by atoms with E-state index in [1.807, 2.05) is 6.07 Å². The fraction of sp³-hybridized carbons (Fsp3) is 0.273. The van der Waals surface area contributed by atoms with E-state index in [2.05, 4.69) is 4.98 Å². The van der Waals surface area contributed by atoms with Crippen molar-refractivity contribution >= 4 is 22.1 Å². The second-order valence-electron chi connectivity index (χ2n) is 7.45. The number of nitrogens with zero attached hydrogens (tertiary/aromatic N) is 1. The summed E-state index contributed by atoms with van der Waals surface area (Å²) in [6.45, 7) is -0.573. The van der Waals surface area contributed by atoms with Gasteiger partial charge in [0.1, 0.15) is 46.8 Å². The largest absolute Gasteiger partial charge is 0.462 e. The summed E-state index contributed by atoms with van der Waals surface area (Å²) in [5.74, 6) is 0.322. The highest BCUT2D eigenvalue weighted by atomic mass is 16.7. The third-order valence-corrected chi connectivity index (χ3v) is 5.33. The second kappa shape index (κ2) is 8.01. The number of aliphatic hydroxyl groups is 4. The first kappa shape index (κ1) is 20.6. The Kier molecular flexibility index (Phi) is 5.16. The molecular formula is C22H19NO9. The van der Waals surface area contributed by atoms with Gasteiger partial charge in [0.15, 0.2) is 5.58 Å². The first-order chi connectivity index (χ1) is 15.4. The number of hydrogen-bond acceptors (Lipinski definition) is 10. The van der Waals surface area contributed by atoms with Gasteiger partial charge in [-0.2, -0.15) is 0 Å². The number of aliphatic hydroxyl groups excluding tert-OH is 4. The molecule has 0 unspecified atom stereocenters. The van der Waals surface area contributed by atoms with Crippen molar-refractivity contribution in [2.75, 3.05) is 6.61 Å². The van der Waals surface area contributed by atoms with Crippen LogP contribution in [-0.4, -0.2) is 62.7 Å². The van der Waals surface area contributed by atoms with E-state index in [1.54, 1.807) is 36.4 Å². The lowest BCUT2D eigenvalue weighted by atomic mass is 9.99. The number of oxazole rings is 1. The molecule has 3 heterocycles. The maximum atomic E-state index is 12.6. The van der Waals surface area contributed by atoms with E-state index < -0.39 is 42.9 Å². The van der Waals surface area contributed by atoms with Crippen LogP contribution in [0.5, 0.6) is 5.75 Å². The van der Waals surface area contributed by atoms with Crippen molar-refractivity contribution in [3.8, 4) is 17.2 Å². The molecule has 0 spiro atoms. The van der Waals surface area contributed by atoms with Crippen LogP contribution in [-0.2, 0) is 4.74 Å². The Hall–Kier alpha value is -3.28. The van der Waals surface area contributed by atoms with E-state index in [9.17, 15) is 25.2 Å². The first-order valence-electron chi connectivity index (χ1n) is 9.85. The Balaban J connectivity index is 1.45. The van der Waals surface area contributed by atoms with Gasteiger partial charge in [-0.15, -0.1) is 0 Å². The van der Waals surface area contributed by atoms with Crippen molar-refractivity contribution in [3.63, 3.8) is 0 Å². The van der Waals surface area contributed by atoms with E-state index >= 15 is 0 Å². The molecular weight excluding hydrogens is 422 g/mol. The minimum Gasteiger partial charge on any atom is -0.462 e. The lowest BCUT2D eigenvalue weighted by molar-refractivity contribution is -0.277. The van der Waals surface area contributed by atoms with Crippen LogP contribution < -0.4 is 10.4 Å². The normalized spacial score (nSPS) is 25.9. The first-order valence-corrected chi connectivity index (χ1v) is 9.85. The predicted molar refractivity (Wildman–Crippen MR) is 110 cm³/mol. The lowest BCUT2D eigenvalue weighted by Gasteiger charge is -2.39. The Morgan fingerprint density at radius 2 is 1.75 bits per heavy atom. The molecule has 1 aliphatic heterocycles. The lowest BCUT2D eigenvalue weighted by Crippen LogP contribution is -2.60. The van der Waals surface area contributed by atoms with Crippen LogP contribution in [0.4, 0.5) is 0 Å². The number of fused-ring (bicyclic) bond motifs is 2. The molecule has 1 fully saturated rings. The second-order valence-corrected chi connectivity index (χ2v) is 7.45. The SMILES string of the molecule is O=c1oc2cc(O[C@@H]3O[C@H](CO)[C@H](O)[C@H](O)[C@H]3O)ccc2cc1-c1nc2ccccc2o1. The Bertz CT molecular complexity index is 1290. The van der Waals surface area contributed by atoms with Gasteiger partial charge in [0.05, 0.1) is 6.61 Å². The summed E-state index contributed by atoms with van der Waals surface area (Å²) in [4.78, 5) is 16.9. The summed E-state index contributed by atoms with van der Waals surface area (Å²) in [6.07, 6.45) is -7.07. The summed E-state index contributed by atoms with van der Waals surface area (Å²) >= 11 is 0. The molecule has 5 rings (SSSR count). The summed E-state index contributed by atoms with van der Waals surface area (Å²) in [5.41, 5.74) is 0.873. The minimum absolute atomic E-state index is 0.142. The van der Waals surface area contributed by atoms with Crippen LogP contribution in [0.1, 0.15) is 0 Å². The maximum absolute atomic E-state index is 12.6. The quantitative estimate of drug-likeness (QED) is 0.334. The van der Waals surface area contributed by atoms with Crippen molar-refractivity contribution in [2.24, 2.45) is 0 Å². The molecule has 0 radical (unpaired) electrons. The molecule has 32 heavy (non-hydrogen) atoms. The third-order valence-electron chi connectivity index (χ3n) is 5.33. The maximum Gasteiger partial charge on any atom is 0.349 e. The predicted octanol–water partition coefficient (Wildman–Crippen LogP) is 0.780. The van der Waals surface area contributed by atoms with Crippen molar-refractivity contribution in [1.29, 1.82) is 0 Å². The van der Waals surface area contributed by atoms with E-state index in [1.165, 1.54) is 6.07 Å². The van der Waals surface area contributed by atoms with Gasteiger partial charge in [-0.25, -0.2) is 9.78 Å². The van der Waals surface area contributed by atoms with E-state index in [4.69, 9.17) is 18.3 Å². The molecule has 0 bridgehead atoms. The van der Waals surface area contributed by atoms with Gasteiger partial charge in [-0.05, 0) is 30.3 Å². The standard InChI is InChI=1S/C22H19NO9/c24-9-16-17(25)18(26)19(27)22(32-16)29-11-6-5-10-7-12(21(28)31-15(10)8-11)20-23-13-3-1-2-4-14(13)30-20/h1-8,16-19,22,24-27H,9H2/t16-,17+,18+,19-,22-/m1/s1. The summed E-state index contributed by atoms with van der Waals surface area (Å²) in [5, 5.41) is 39.8. The van der Waals surface area contributed by atoms with Crippen molar-refractivity contribution in [2.45, 2.75) is 30.7 Å². The Morgan fingerprint density at radius 1 is 0.938 bits per heavy atom. The molecule has 0 aliphatic carbocycles.